The average molecular weight is 470 g/mol. The van der Waals surface area contributed by atoms with E-state index in [0.717, 1.165) is 5.56 Å². The van der Waals surface area contributed by atoms with Crippen molar-refractivity contribution in [3.63, 3.8) is 0 Å². The normalized spacial score (nSPS) is 17.8. The smallest absolute Gasteiger partial charge is 0.256 e. The maximum atomic E-state index is 13.5. The van der Waals surface area contributed by atoms with Gasteiger partial charge in [-0.2, -0.15) is 0 Å². The van der Waals surface area contributed by atoms with Crippen LogP contribution in [-0.4, -0.2) is 62.6 Å². The van der Waals surface area contributed by atoms with Crippen LogP contribution >= 0.6 is 11.6 Å². The van der Waals surface area contributed by atoms with Crippen molar-refractivity contribution in [2.24, 2.45) is 0 Å². The second kappa shape index (κ2) is 10.1. The van der Waals surface area contributed by atoms with Crippen LogP contribution in [0.1, 0.15) is 28.0 Å². The minimum atomic E-state index is -0.785. The fourth-order valence-corrected chi connectivity index (χ4v) is 3.96. The van der Waals surface area contributed by atoms with Gasteiger partial charge in [0.05, 0.1) is 30.2 Å². The molecule has 33 heavy (non-hydrogen) atoms. The summed E-state index contributed by atoms with van der Waals surface area (Å²) in [5.41, 5.74) is 2.39. The summed E-state index contributed by atoms with van der Waals surface area (Å²) < 4.78 is 6.58. The minimum absolute atomic E-state index is 0.0679. The van der Waals surface area contributed by atoms with E-state index in [-0.39, 0.29) is 24.8 Å². The molecule has 1 aromatic heterocycles. The number of ether oxygens (including phenoxy) is 1. The third kappa shape index (κ3) is 5.22. The number of amides is 2. The van der Waals surface area contributed by atoms with Gasteiger partial charge in [-0.25, -0.2) is 4.68 Å². The van der Waals surface area contributed by atoms with Gasteiger partial charge in [-0.05, 0) is 29.8 Å². The number of methoxy groups -OCH3 is 1. The molecule has 4 rings (SSSR count). The topological polar surface area (TPSA) is 110 Å². The van der Waals surface area contributed by atoms with Crippen LogP contribution in [0.25, 0.3) is 5.69 Å². The minimum Gasteiger partial charge on any atom is -0.391 e. The number of aliphatic hydroxyl groups is 1. The lowest BCUT2D eigenvalue weighted by Crippen LogP contribution is -2.46. The Bertz CT molecular complexity index is 1130. The number of para-hydroxylation sites is 1. The number of carbonyl (C=O) groups is 2. The Morgan fingerprint density at radius 3 is 2.73 bits per heavy atom. The van der Waals surface area contributed by atoms with Crippen molar-refractivity contribution in [3.8, 4) is 5.69 Å². The third-order valence-corrected chi connectivity index (χ3v) is 5.69. The van der Waals surface area contributed by atoms with Gasteiger partial charge < -0.3 is 20.1 Å². The molecular weight excluding hydrogens is 446 g/mol. The Balaban J connectivity index is 1.53. The van der Waals surface area contributed by atoms with Crippen LogP contribution in [0.15, 0.2) is 54.7 Å². The molecule has 1 aliphatic heterocycles. The van der Waals surface area contributed by atoms with E-state index in [4.69, 9.17) is 16.3 Å². The van der Waals surface area contributed by atoms with Crippen molar-refractivity contribution < 1.29 is 19.4 Å². The van der Waals surface area contributed by atoms with Gasteiger partial charge in [-0.3, -0.25) is 9.59 Å². The summed E-state index contributed by atoms with van der Waals surface area (Å²) in [6.45, 7) is 0.658. The molecule has 9 nitrogen and oxygen atoms in total. The molecule has 0 unspecified atom stereocenters. The predicted molar refractivity (Wildman–Crippen MR) is 121 cm³/mol. The van der Waals surface area contributed by atoms with Crippen LogP contribution in [0.2, 0.25) is 5.02 Å². The van der Waals surface area contributed by atoms with Gasteiger partial charge in [-0.15, -0.1) is 5.10 Å². The molecule has 0 spiro atoms. The van der Waals surface area contributed by atoms with E-state index < -0.39 is 12.1 Å². The number of rotatable bonds is 7. The van der Waals surface area contributed by atoms with Gasteiger partial charge in [-0.1, -0.05) is 41.1 Å². The lowest BCUT2D eigenvalue weighted by Gasteiger charge is -2.24. The highest BCUT2D eigenvalue weighted by Gasteiger charge is 2.39. The second-order valence-electron chi connectivity index (χ2n) is 7.81. The molecule has 2 atom stereocenters. The number of carbonyl (C=O) groups excluding carboxylic acids is 2. The monoisotopic (exact) mass is 469 g/mol. The molecule has 172 valence electrons. The summed E-state index contributed by atoms with van der Waals surface area (Å²) >= 11 is 5.90. The fraction of sp³-hybridized carbons (Fsp3) is 0.304. The van der Waals surface area contributed by atoms with Crippen LogP contribution in [0.5, 0.6) is 0 Å². The van der Waals surface area contributed by atoms with Crippen LogP contribution in [0, 0.1) is 0 Å². The van der Waals surface area contributed by atoms with Crippen LogP contribution in [0.3, 0.4) is 0 Å². The molecule has 10 heteroatoms. The van der Waals surface area contributed by atoms with E-state index in [2.05, 4.69) is 15.6 Å². The van der Waals surface area contributed by atoms with Crippen molar-refractivity contribution in [1.29, 1.82) is 0 Å². The highest BCUT2D eigenvalue weighted by Crippen LogP contribution is 2.24. The van der Waals surface area contributed by atoms with Crippen molar-refractivity contribution in [2.75, 3.05) is 13.7 Å². The first kappa shape index (κ1) is 22.9. The van der Waals surface area contributed by atoms with Crippen LogP contribution in [-0.2, 0) is 22.7 Å². The molecule has 0 aliphatic carbocycles. The van der Waals surface area contributed by atoms with Gasteiger partial charge in [0.1, 0.15) is 11.7 Å². The molecule has 0 bridgehead atoms. The number of hydrogen-bond donors (Lipinski definition) is 2. The zero-order chi connectivity index (χ0) is 23.4. The lowest BCUT2D eigenvalue weighted by atomic mass is 10.1. The van der Waals surface area contributed by atoms with E-state index in [1.165, 1.54) is 9.58 Å². The summed E-state index contributed by atoms with van der Waals surface area (Å²) in [6, 6.07) is 13.3. The quantitative estimate of drug-likeness (QED) is 0.547. The van der Waals surface area contributed by atoms with Gasteiger partial charge in [0, 0.05) is 31.6 Å². The number of aliphatic hydroxyl groups excluding tert-OH is 1. The first-order valence-corrected chi connectivity index (χ1v) is 10.8. The fourth-order valence-electron chi connectivity index (χ4n) is 3.84. The molecule has 1 saturated heterocycles. The Labute approximate surface area is 195 Å². The SMILES string of the molecule is COCc1cn(-c2ccccc2C(=O)N2C[C@H](O)C[C@H]2C(=O)NCc2ccc(Cl)cc2)nn1. The number of likely N-dealkylation sites (tertiary alicyclic amines) is 1. The van der Waals surface area contributed by atoms with Gasteiger partial charge in [0.2, 0.25) is 5.91 Å². The Hall–Kier alpha value is -3.27. The molecule has 2 amide bonds. The van der Waals surface area contributed by atoms with Crippen molar-refractivity contribution in [3.05, 3.63) is 76.6 Å². The van der Waals surface area contributed by atoms with E-state index in [0.29, 0.717) is 35.1 Å². The summed E-state index contributed by atoms with van der Waals surface area (Å²) in [5.74, 6) is -0.687. The maximum absolute atomic E-state index is 13.5. The highest BCUT2D eigenvalue weighted by atomic mass is 35.5. The summed E-state index contributed by atoms with van der Waals surface area (Å²) in [4.78, 5) is 27.8. The number of halogens is 1. The number of nitrogens with zero attached hydrogens (tertiary/aromatic N) is 4. The number of aromatic nitrogens is 3. The Morgan fingerprint density at radius 1 is 1.21 bits per heavy atom. The molecule has 2 N–H and O–H groups in total. The maximum Gasteiger partial charge on any atom is 0.256 e. The summed E-state index contributed by atoms with van der Waals surface area (Å²) in [5, 5.41) is 21.8. The molecule has 0 saturated carbocycles. The van der Waals surface area contributed by atoms with Crippen LogP contribution < -0.4 is 5.32 Å². The van der Waals surface area contributed by atoms with Crippen molar-refractivity contribution in [2.45, 2.75) is 31.7 Å². The number of nitrogens with one attached hydrogen (secondary N) is 1. The Morgan fingerprint density at radius 2 is 1.97 bits per heavy atom. The molecule has 1 aliphatic rings. The number of β-amino-alcohol motifs (C(OH)–C–C–N with tert-alkyl or cyclic N) is 1. The average Bonchev–Trinajstić information content (AvgIpc) is 3.45. The lowest BCUT2D eigenvalue weighted by molar-refractivity contribution is -0.125. The van der Waals surface area contributed by atoms with Gasteiger partial charge >= 0.3 is 0 Å². The molecule has 3 aromatic rings. The standard InChI is InChI=1S/C23H24ClN5O4/c1-33-14-17-12-29(27-26-17)20-5-3-2-4-19(20)23(32)28-13-18(30)10-21(28)22(31)25-11-15-6-8-16(24)9-7-15/h2-9,12,18,21,30H,10-11,13-14H2,1H3,(H,25,31)/t18-,21+/m1/s1. The summed E-state index contributed by atoms with van der Waals surface area (Å²) in [7, 11) is 1.56. The Kier molecular flexibility index (Phi) is 7.02. The zero-order valence-electron chi connectivity index (χ0n) is 18.0. The van der Waals surface area contributed by atoms with Crippen molar-refractivity contribution >= 4 is 23.4 Å². The number of benzene rings is 2. The first-order valence-electron chi connectivity index (χ1n) is 10.5. The van der Waals surface area contributed by atoms with E-state index in [9.17, 15) is 14.7 Å². The van der Waals surface area contributed by atoms with E-state index in [1.807, 2.05) is 12.1 Å². The molecular formula is C23H24ClN5O4. The molecule has 1 fully saturated rings. The van der Waals surface area contributed by atoms with Crippen LogP contribution in [0.4, 0.5) is 0 Å². The zero-order valence-corrected chi connectivity index (χ0v) is 18.8. The van der Waals surface area contributed by atoms with E-state index >= 15 is 0 Å². The molecule has 2 aromatic carbocycles. The first-order chi connectivity index (χ1) is 16.0. The van der Waals surface area contributed by atoms with Crippen molar-refractivity contribution in [1.82, 2.24) is 25.2 Å². The third-order valence-electron chi connectivity index (χ3n) is 5.44. The molecule has 2 heterocycles. The number of hydrogen-bond acceptors (Lipinski definition) is 6. The largest absolute Gasteiger partial charge is 0.391 e. The van der Waals surface area contributed by atoms with Gasteiger partial charge in [0.15, 0.2) is 0 Å². The molecule has 0 radical (unpaired) electrons. The van der Waals surface area contributed by atoms with E-state index in [1.54, 1.807) is 49.7 Å². The van der Waals surface area contributed by atoms with Gasteiger partial charge in [0.25, 0.3) is 5.91 Å². The summed E-state index contributed by atoms with van der Waals surface area (Å²) in [6.07, 6.45) is 1.07. The predicted octanol–water partition coefficient (Wildman–Crippen LogP) is 1.96. The second-order valence-corrected chi connectivity index (χ2v) is 8.25. The highest BCUT2D eigenvalue weighted by molar-refractivity contribution is 6.30.